The Bertz CT molecular complexity index is 1500. The molecule has 0 bridgehead atoms. The molecule has 172 valence electrons. The van der Waals surface area contributed by atoms with Crippen LogP contribution in [0.4, 0.5) is 4.79 Å². The summed E-state index contributed by atoms with van der Waals surface area (Å²) in [5, 5.41) is 10.2. The lowest BCUT2D eigenvalue weighted by molar-refractivity contribution is 0.0546. The van der Waals surface area contributed by atoms with Crippen LogP contribution in [-0.4, -0.2) is 42.7 Å². The number of carbonyl (C=O) groups is 1. The molecule has 0 aliphatic heterocycles. The minimum absolute atomic E-state index is 0.352. The van der Waals surface area contributed by atoms with E-state index >= 15 is 0 Å². The van der Waals surface area contributed by atoms with E-state index in [-0.39, 0.29) is 0 Å². The third-order valence-corrected chi connectivity index (χ3v) is 5.17. The summed E-state index contributed by atoms with van der Waals surface area (Å²) in [4.78, 5) is 18.3. The quantitative estimate of drug-likeness (QED) is 0.351. The third-order valence-electron chi connectivity index (χ3n) is 5.17. The summed E-state index contributed by atoms with van der Waals surface area (Å²) in [6, 6.07) is 21.2. The highest BCUT2D eigenvalue weighted by atomic mass is 16.6. The van der Waals surface area contributed by atoms with Gasteiger partial charge in [0.25, 0.3) is 0 Å². The normalized spacial score (nSPS) is 11.8. The van der Waals surface area contributed by atoms with Crippen molar-refractivity contribution >= 4 is 22.6 Å². The van der Waals surface area contributed by atoms with Gasteiger partial charge in [0.05, 0.1) is 17.8 Å². The summed E-state index contributed by atoms with van der Waals surface area (Å²) in [7, 11) is 0. The molecule has 0 aliphatic carbocycles. The fourth-order valence-corrected chi connectivity index (χ4v) is 3.81. The summed E-state index contributed by atoms with van der Waals surface area (Å²) < 4.78 is 14.5. The highest BCUT2D eigenvalue weighted by Crippen LogP contribution is 2.36. The molecule has 0 amide bonds. The molecule has 3 heterocycles. The van der Waals surface area contributed by atoms with Crippen LogP contribution in [0.25, 0.3) is 39.2 Å². The van der Waals surface area contributed by atoms with Crippen molar-refractivity contribution in [3.05, 3.63) is 66.7 Å². The van der Waals surface area contributed by atoms with Crippen LogP contribution >= 0.6 is 0 Å². The predicted molar refractivity (Wildman–Crippen MR) is 130 cm³/mol. The number of hydrogen-bond acceptors (Lipinski definition) is 6. The molecule has 0 fully saturated rings. The fourth-order valence-electron chi connectivity index (χ4n) is 3.81. The van der Waals surface area contributed by atoms with Crippen molar-refractivity contribution in [2.45, 2.75) is 33.3 Å². The Labute approximate surface area is 196 Å². The number of rotatable bonds is 4. The Kier molecular flexibility index (Phi) is 5.28. The second-order valence-corrected chi connectivity index (χ2v) is 8.82. The van der Waals surface area contributed by atoms with Gasteiger partial charge in [-0.25, -0.2) is 14.3 Å². The first kappa shape index (κ1) is 21.6. The molecule has 8 nitrogen and oxygen atoms in total. The summed E-state index contributed by atoms with van der Waals surface area (Å²) in [5.41, 5.74) is 2.52. The van der Waals surface area contributed by atoms with Crippen molar-refractivity contribution in [3.63, 3.8) is 0 Å². The SMILES string of the molecule is CCOc1nn2nc(-c3ccccc3)n(C(=O)OC(C)(C)C)c2c1-c1ccc2ccccc2n1. The lowest BCUT2D eigenvalue weighted by atomic mass is 10.1. The topological polar surface area (TPSA) is 83.5 Å². The molecule has 0 aliphatic rings. The largest absolute Gasteiger partial charge is 0.476 e. The molecule has 0 spiro atoms. The van der Waals surface area contributed by atoms with Crippen molar-refractivity contribution in [3.8, 4) is 28.5 Å². The van der Waals surface area contributed by atoms with E-state index < -0.39 is 11.7 Å². The molecule has 5 aromatic rings. The highest BCUT2D eigenvalue weighted by Gasteiger charge is 2.30. The maximum Gasteiger partial charge on any atom is 0.422 e. The average Bonchev–Trinajstić information content (AvgIpc) is 3.34. The summed E-state index contributed by atoms with van der Waals surface area (Å²) in [6.07, 6.45) is -0.557. The molecule has 0 N–H and O–H groups in total. The minimum atomic E-state index is -0.698. The molecular weight excluding hydrogens is 430 g/mol. The Morgan fingerprint density at radius 2 is 1.68 bits per heavy atom. The van der Waals surface area contributed by atoms with Gasteiger partial charge in [-0.3, -0.25) is 0 Å². The van der Waals surface area contributed by atoms with Gasteiger partial charge in [-0.1, -0.05) is 54.6 Å². The smallest absolute Gasteiger partial charge is 0.422 e. The van der Waals surface area contributed by atoms with Crippen LogP contribution in [-0.2, 0) is 4.74 Å². The van der Waals surface area contributed by atoms with Crippen LogP contribution in [0.15, 0.2) is 66.7 Å². The van der Waals surface area contributed by atoms with E-state index in [1.165, 1.54) is 9.20 Å². The van der Waals surface area contributed by atoms with E-state index in [9.17, 15) is 4.79 Å². The zero-order valence-corrected chi connectivity index (χ0v) is 19.5. The number of nitrogens with zero attached hydrogens (tertiary/aromatic N) is 5. The fraction of sp³-hybridized carbons (Fsp3) is 0.231. The van der Waals surface area contributed by atoms with Gasteiger partial charge in [-0.05, 0) is 39.8 Å². The van der Waals surface area contributed by atoms with Gasteiger partial charge in [0.15, 0.2) is 11.5 Å². The first-order valence-corrected chi connectivity index (χ1v) is 11.1. The number of pyridine rings is 1. The highest BCUT2D eigenvalue weighted by molar-refractivity contribution is 5.92. The average molecular weight is 456 g/mol. The molecule has 8 heteroatoms. The molecule has 0 atom stereocenters. The number of benzene rings is 2. The molecule has 2 aromatic carbocycles. The molecular formula is C26H25N5O3. The molecule has 0 saturated heterocycles. The molecule has 34 heavy (non-hydrogen) atoms. The number of fused-ring (bicyclic) bond motifs is 2. The van der Waals surface area contributed by atoms with Crippen molar-refractivity contribution < 1.29 is 14.3 Å². The Morgan fingerprint density at radius 1 is 0.941 bits per heavy atom. The lowest BCUT2D eigenvalue weighted by Gasteiger charge is -2.20. The third kappa shape index (κ3) is 3.87. The maximum atomic E-state index is 13.5. The van der Waals surface area contributed by atoms with Gasteiger partial charge in [0.1, 0.15) is 11.2 Å². The minimum Gasteiger partial charge on any atom is -0.476 e. The van der Waals surface area contributed by atoms with Crippen LogP contribution in [0.1, 0.15) is 27.7 Å². The standard InChI is InChI=1S/C26H25N5O3/c1-5-33-23-21(20-16-15-17-11-9-10-14-19(17)27-20)24-30(25(32)34-26(2,3)4)22(28-31(24)29-23)18-12-7-6-8-13-18/h6-16H,5H2,1-4H3. The van der Waals surface area contributed by atoms with Gasteiger partial charge < -0.3 is 9.47 Å². The van der Waals surface area contributed by atoms with Crippen LogP contribution in [0.3, 0.4) is 0 Å². The van der Waals surface area contributed by atoms with Crippen LogP contribution in [0, 0.1) is 0 Å². The van der Waals surface area contributed by atoms with Crippen molar-refractivity contribution in [2.24, 2.45) is 0 Å². The number of hydrogen-bond donors (Lipinski definition) is 0. The zero-order chi connectivity index (χ0) is 23.9. The van der Waals surface area contributed by atoms with E-state index in [0.717, 1.165) is 16.5 Å². The molecule has 3 aromatic heterocycles. The van der Waals surface area contributed by atoms with E-state index in [0.29, 0.717) is 35.2 Å². The predicted octanol–water partition coefficient (Wildman–Crippen LogP) is 5.59. The van der Waals surface area contributed by atoms with Crippen molar-refractivity contribution in [1.82, 2.24) is 24.4 Å². The second-order valence-electron chi connectivity index (χ2n) is 8.82. The van der Waals surface area contributed by atoms with Crippen molar-refractivity contribution in [1.29, 1.82) is 0 Å². The Hall–Kier alpha value is -4.20. The van der Waals surface area contributed by atoms with Gasteiger partial charge in [-0.2, -0.15) is 0 Å². The summed E-state index contributed by atoms with van der Waals surface area (Å²) >= 11 is 0. The van der Waals surface area contributed by atoms with Gasteiger partial charge in [-0.15, -0.1) is 14.8 Å². The monoisotopic (exact) mass is 455 g/mol. The van der Waals surface area contributed by atoms with Gasteiger partial charge in [0, 0.05) is 10.9 Å². The lowest BCUT2D eigenvalue weighted by Crippen LogP contribution is -2.27. The molecule has 0 unspecified atom stereocenters. The van der Waals surface area contributed by atoms with Gasteiger partial charge >= 0.3 is 6.09 Å². The first-order valence-electron chi connectivity index (χ1n) is 11.1. The maximum absolute atomic E-state index is 13.5. The Balaban J connectivity index is 1.82. The number of para-hydroxylation sites is 1. The van der Waals surface area contributed by atoms with E-state index in [1.807, 2.05) is 94.4 Å². The number of carbonyl (C=O) groups excluding carboxylic acids is 1. The summed E-state index contributed by atoms with van der Waals surface area (Å²) in [6.45, 7) is 7.77. The number of ether oxygens (including phenoxy) is 2. The first-order chi connectivity index (χ1) is 16.4. The molecule has 0 saturated carbocycles. The van der Waals surface area contributed by atoms with Gasteiger partial charge in [0.2, 0.25) is 5.88 Å². The van der Waals surface area contributed by atoms with E-state index in [4.69, 9.17) is 14.5 Å². The molecule has 5 rings (SSSR count). The summed E-state index contributed by atoms with van der Waals surface area (Å²) in [5.74, 6) is 0.770. The zero-order valence-electron chi connectivity index (χ0n) is 19.5. The second kappa shape index (κ2) is 8.30. The Morgan fingerprint density at radius 3 is 2.41 bits per heavy atom. The van der Waals surface area contributed by atoms with E-state index in [1.54, 1.807) is 0 Å². The van der Waals surface area contributed by atoms with Crippen molar-refractivity contribution in [2.75, 3.05) is 6.61 Å². The van der Waals surface area contributed by atoms with Crippen LogP contribution in [0.2, 0.25) is 0 Å². The van der Waals surface area contributed by atoms with Crippen LogP contribution < -0.4 is 4.74 Å². The molecule has 0 radical (unpaired) electrons. The van der Waals surface area contributed by atoms with Crippen LogP contribution in [0.5, 0.6) is 5.88 Å². The van der Waals surface area contributed by atoms with E-state index in [2.05, 4.69) is 10.2 Å². The number of aromatic nitrogens is 5.